The summed E-state index contributed by atoms with van der Waals surface area (Å²) < 4.78 is 4.84. The van der Waals surface area contributed by atoms with Gasteiger partial charge in [-0.3, -0.25) is 4.79 Å². The minimum atomic E-state index is -0.951. The van der Waals surface area contributed by atoms with Crippen LogP contribution in [-0.4, -0.2) is 30.8 Å². The van der Waals surface area contributed by atoms with Crippen molar-refractivity contribution in [3.05, 3.63) is 0 Å². The van der Waals surface area contributed by atoms with E-state index in [1.807, 2.05) is 6.92 Å². The van der Waals surface area contributed by atoms with Crippen LogP contribution in [0.25, 0.3) is 0 Å². The molecule has 4 heteroatoms. The molecule has 66 valence electrons. The Bertz CT molecular complexity index is 127. The Kier molecular flexibility index (Phi) is 4.81. The van der Waals surface area contributed by atoms with Crippen LogP contribution in [0.4, 0.5) is 0 Å². The fourth-order valence-electron chi connectivity index (χ4n) is 0.887. The van der Waals surface area contributed by atoms with Gasteiger partial charge in [0.15, 0.2) is 0 Å². The molecule has 3 N–H and O–H groups in total. The third-order valence-electron chi connectivity index (χ3n) is 1.42. The Morgan fingerprint density at radius 1 is 1.73 bits per heavy atom. The van der Waals surface area contributed by atoms with E-state index in [2.05, 4.69) is 0 Å². The summed E-state index contributed by atoms with van der Waals surface area (Å²) in [5.74, 6) is -0.751. The summed E-state index contributed by atoms with van der Waals surface area (Å²) >= 11 is 0. The first kappa shape index (κ1) is 10.4. The SMILES string of the molecule is COCC(C)C[C@@H](N)C(=O)O. The summed E-state index contributed by atoms with van der Waals surface area (Å²) in [5, 5.41) is 8.43. The van der Waals surface area contributed by atoms with Gasteiger partial charge in [-0.05, 0) is 12.3 Å². The number of nitrogens with two attached hydrogens (primary N) is 1. The standard InChI is InChI=1S/C7H15NO3/c1-5(4-11-2)3-6(8)7(9)10/h5-6H,3-4,8H2,1-2H3,(H,9,10)/t5?,6-/m1/s1. The van der Waals surface area contributed by atoms with Crippen LogP contribution >= 0.6 is 0 Å². The number of carboxylic acids is 1. The van der Waals surface area contributed by atoms with Crippen molar-refractivity contribution in [1.29, 1.82) is 0 Å². The second kappa shape index (κ2) is 5.09. The van der Waals surface area contributed by atoms with Gasteiger partial charge in [-0.1, -0.05) is 6.92 Å². The summed E-state index contributed by atoms with van der Waals surface area (Å²) in [5.41, 5.74) is 5.29. The molecule has 0 aromatic carbocycles. The number of ether oxygens (including phenoxy) is 1. The third-order valence-corrected chi connectivity index (χ3v) is 1.42. The maximum atomic E-state index is 10.3. The highest BCUT2D eigenvalue weighted by atomic mass is 16.5. The molecule has 4 nitrogen and oxygen atoms in total. The van der Waals surface area contributed by atoms with Crippen molar-refractivity contribution in [1.82, 2.24) is 0 Å². The van der Waals surface area contributed by atoms with Gasteiger partial charge in [-0.15, -0.1) is 0 Å². The maximum absolute atomic E-state index is 10.3. The van der Waals surface area contributed by atoms with Crippen molar-refractivity contribution in [3.63, 3.8) is 0 Å². The first-order valence-electron chi connectivity index (χ1n) is 3.55. The van der Waals surface area contributed by atoms with Gasteiger partial charge in [0.25, 0.3) is 0 Å². The lowest BCUT2D eigenvalue weighted by atomic mass is 10.0. The maximum Gasteiger partial charge on any atom is 0.320 e. The molecule has 2 atom stereocenters. The van der Waals surface area contributed by atoms with Crippen molar-refractivity contribution in [2.24, 2.45) is 11.7 Å². The van der Waals surface area contributed by atoms with Gasteiger partial charge in [0.1, 0.15) is 6.04 Å². The average molecular weight is 161 g/mol. The van der Waals surface area contributed by atoms with E-state index >= 15 is 0 Å². The van der Waals surface area contributed by atoms with E-state index in [0.717, 1.165) is 0 Å². The van der Waals surface area contributed by atoms with Gasteiger partial charge in [-0.25, -0.2) is 0 Å². The van der Waals surface area contributed by atoms with Crippen LogP contribution in [0.5, 0.6) is 0 Å². The summed E-state index contributed by atoms with van der Waals surface area (Å²) in [6.45, 7) is 2.47. The number of hydrogen-bond acceptors (Lipinski definition) is 3. The Balaban J connectivity index is 3.56. The molecule has 0 aliphatic carbocycles. The van der Waals surface area contributed by atoms with E-state index < -0.39 is 12.0 Å². The molecule has 0 aromatic heterocycles. The molecule has 0 fully saturated rings. The molecular formula is C7H15NO3. The lowest BCUT2D eigenvalue weighted by Crippen LogP contribution is -2.32. The van der Waals surface area contributed by atoms with E-state index in [1.54, 1.807) is 7.11 Å². The molecule has 0 aliphatic heterocycles. The average Bonchev–Trinajstić information content (AvgIpc) is 1.87. The van der Waals surface area contributed by atoms with Crippen LogP contribution in [0.2, 0.25) is 0 Å². The number of rotatable bonds is 5. The second-order valence-corrected chi connectivity index (χ2v) is 2.74. The predicted octanol–water partition coefficient (Wildman–Crippen LogP) is 0.0709. The molecule has 0 aliphatic rings. The predicted molar refractivity (Wildman–Crippen MR) is 41.3 cm³/mol. The largest absolute Gasteiger partial charge is 0.480 e. The molecule has 0 saturated heterocycles. The zero-order valence-electron chi connectivity index (χ0n) is 6.91. The minimum absolute atomic E-state index is 0.200. The van der Waals surface area contributed by atoms with Gasteiger partial charge in [0.2, 0.25) is 0 Å². The zero-order chi connectivity index (χ0) is 8.85. The quantitative estimate of drug-likeness (QED) is 0.598. The van der Waals surface area contributed by atoms with E-state index in [0.29, 0.717) is 13.0 Å². The third kappa shape index (κ3) is 4.75. The highest BCUT2D eigenvalue weighted by Gasteiger charge is 2.14. The van der Waals surface area contributed by atoms with E-state index in [-0.39, 0.29) is 5.92 Å². The van der Waals surface area contributed by atoms with Crippen molar-refractivity contribution in [3.8, 4) is 0 Å². The van der Waals surface area contributed by atoms with Crippen LogP contribution in [0.1, 0.15) is 13.3 Å². The normalized spacial score (nSPS) is 15.9. The first-order chi connectivity index (χ1) is 5.07. The monoisotopic (exact) mass is 161 g/mol. The molecule has 0 saturated carbocycles. The molecule has 0 spiro atoms. The van der Waals surface area contributed by atoms with E-state index in [4.69, 9.17) is 15.6 Å². The van der Waals surface area contributed by atoms with Crippen LogP contribution in [0.15, 0.2) is 0 Å². The zero-order valence-corrected chi connectivity index (χ0v) is 6.91. The van der Waals surface area contributed by atoms with Crippen molar-refractivity contribution in [2.75, 3.05) is 13.7 Å². The van der Waals surface area contributed by atoms with Gasteiger partial charge >= 0.3 is 5.97 Å². The fraction of sp³-hybridized carbons (Fsp3) is 0.857. The Morgan fingerprint density at radius 2 is 2.27 bits per heavy atom. The molecule has 0 heterocycles. The Morgan fingerprint density at radius 3 is 2.64 bits per heavy atom. The highest BCUT2D eigenvalue weighted by molar-refractivity contribution is 5.72. The van der Waals surface area contributed by atoms with Crippen molar-refractivity contribution in [2.45, 2.75) is 19.4 Å². The summed E-state index contributed by atoms with van der Waals surface area (Å²) in [4.78, 5) is 10.3. The molecule has 0 radical (unpaired) electrons. The number of aliphatic carboxylic acids is 1. The van der Waals surface area contributed by atoms with E-state index in [9.17, 15) is 4.79 Å². The lowest BCUT2D eigenvalue weighted by molar-refractivity contribution is -0.139. The van der Waals surface area contributed by atoms with Gasteiger partial charge < -0.3 is 15.6 Å². The van der Waals surface area contributed by atoms with Gasteiger partial charge in [0, 0.05) is 13.7 Å². The van der Waals surface area contributed by atoms with Crippen molar-refractivity contribution < 1.29 is 14.6 Å². The van der Waals surface area contributed by atoms with Crippen LogP contribution in [-0.2, 0) is 9.53 Å². The van der Waals surface area contributed by atoms with Crippen LogP contribution in [0, 0.1) is 5.92 Å². The van der Waals surface area contributed by atoms with Gasteiger partial charge in [0.05, 0.1) is 0 Å². The number of methoxy groups -OCH3 is 1. The lowest BCUT2D eigenvalue weighted by Gasteiger charge is -2.12. The van der Waals surface area contributed by atoms with E-state index in [1.165, 1.54) is 0 Å². The molecule has 0 bridgehead atoms. The van der Waals surface area contributed by atoms with Gasteiger partial charge in [-0.2, -0.15) is 0 Å². The number of carbonyl (C=O) groups is 1. The summed E-state index contributed by atoms with van der Waals surface area (Å²) in [7, 11) is 1.59. The van der Waals surface area contributed by atoms with Crippen molar-refractivity contribution >= 4 is 5.97 Å². The smallest absolute Gasteiger partial charge is 0.320 e. The highest BCUT2D eigenvalue weighted by Crippen LogP contribution is 2.04. The second-order valence-electron chi connectivity index (χ2n) is 2.74. The first-order valence-corrected chi connectivity index (χ1v) is 3.55. The molecule has 0 amide bonds. The number of hydrogen-bond donors (Lipinski definition) is 2. The molecule has 0 aromatic rings. The summed E-state index contributed by atoms with van der Waals surface area (Å²) in [6, 6.07) is -0.764. The molecular weight excluding hydrogens is 146 g/mol. The Labute approximate surface area is 66.3 Å². The molecule has 1 unspecified atom stereocenters. The van der Waals surface area contributed by atoms with Crippen LogP contribution in [0.3, 0.4) is 0 Å². The fourth-order valence-corrected chi connectivity index (χ4v) is 0.887. The minimum Gasteiger partial charge on any atom is -0.480 e. The van der Waals surface area contributed by atoms with Crippen LogP contribution < -0.4 is 5.73 Å². The summed E-state index contributed by atoms with van der Waals surface area (Å²) in [6.07, 6.45) is 0.461. The topological polar surface area (TPSA) is 72.5 Å². The molecule has 0 rings (SSSR count). The Hall–Kier alpha value is -0.610. The number of carboxylic acid groups (broad SMARTS) is 1. The molecule has 11 heavy (non-hydrogen) atoms.